The number of anilines is 1. The summed E-state index contributed by atoms with van der Waals surface area (Å²) < 4.78 is 5.15. The molecule has 1 saturated heterocycles. The van der Waals surface area contributed by atoms with Gasteiger partial charge in [0.2, 0.25) is 5.91 Å². The van der Waals surface area contributed by atoms with Crippen molar-refractivity contribution in [3.63, 3.8) is 0 Å². The van der Waals surface area contributed by atoms with E-state index in [0.717, 1.165) is 16.8 Å². The van der Waals surface area contributed by atoms with Gasteiger partial charge >= 0.3 is 0 Å². The number of carbonyl (C=O) groups excluding carboxylic acids is 2. The highest BCUT2D eigenvalue weighted by atomic mass is 35.5. The van der Waals surface area contributed by atoms with E-state index in [-0.39, 0.29) is 18.4 Å². The zero-order chi connectivity index (χ0) is 18.7. The third-order valence-corrected chi connectivity index (χ3v) is 4.80. The molecule has 0 saturated carbocycles. The van der Waals surface area contributed by atoms with Crippen molar-refractivity contribution < 1.29 is 14.0 Å². The summed E-state index contributed by atoms with van der Waals surface area (Å²) in [6.07, 6.45) is 1.48. The molecule has 6 nitrogen and oxygen atoms in total. The van der Waals surface area contributed by atoms with Crippen LogP contribution in [0.5, 0.6) is 0 Å². The highest BCUT2D eigenvalue weighted by Gasteiger charge is 2.26. The van der Waals surface area contributed by atoms with Crippen molar-refractivity contribution in [2.75, 3.05) is 38.0 Å². The van der Waals surface area contributed by atoms with Crippen LogP contribution in [0.4, 0.5) is 5.69 Å². The van der Waals surface area contributed by atoms with Crippen molar-refractivity contribution in [1.82, 2.24) is 9.80 Å². The monoisotopic (exact) mass is 375 g/mol. The molecule has 3 rings (SSSR count). The number of nitrogens with zero attached hydrogens (tertiary/aromatic N) is 2. The molecule has 26 heavy (non-hydrogen) atoms. The van der Waals surface area contributed by atoms with Gasteiger partial charge < -0.3 is 19.5 Å². The fourth-order valence-electron chi connectivity index (χ4n) is 3.13. The number of nitrogens with one attached hydrogen (secondary N) is 1. The van der Waals surface area contributed by atoms with Gasteiger partial charge in [-0.15, -0.1) is 0 Å². The van der Waals surface area contributed by atoms with Crippen molar-refractivity contribution in [3.8, 4) is 0 Å². The second-order valence-corrected chi connectivity index (χ2v) is 6.85. The van der Waals surface area contributed by atoms with E-state index in [9.17, 15) is 9.59 Å². The second kappa shape index (κ2) is 7.83. The van der Waals surface area contributed by atoms with Crippen LogP contribution in [0.1, 0.15) is 21.7 Å². The van der Waals surface area contributed by atoms with E-state index in [0.29, 0.717) is 37.0 Å². The molecule has 2 aromatic rings. The Morgan fingerprint density at radius 2 is 1.85 bits per heavy atom. The Bertz CT molecular complexity index is 773. The molecule has 0 bridgehead atoms. The van der Waals surface area contributed by atoms with Gasteiger partial charge in [-0.1, -0.05) is 17.7 Å². The second-order valence-electron chi connectivity index (χ2n) is 6.44. The quantitative estimate of drug-likeness (QED) is 0.892. The fraction of sp³-hybridized carbons (Fsp3) is 0.368. The number of hydrogen-bond donors (Lipinski definition) is 1. The topological polar surface area (TPSA) is 65.8 Å². The minimum absolute atomic E-state index is 0.00820. The van der Waals surface area contributed by atoms with Crippen molar-refractivity contribution >= 4 is 29.1 Å². The van der Waals surface area contributed by atoms with Gasteiger partial charge in [-0.25, -0.2) is 0 Å². The zero-order valence-electron chi connectivity index (χ0n) is 14.9. The molecule has 2 amide bonds. The van der Waals surface area contributed by atoms with E-state index >= 15 is 0 Å². The Kier molecular flexibility index (Phi) is 5.52. The maximum Gasteiger partial charge on any atom is 0.289 e. The first kappa shape index (κ1) is 18.3. The highest BCUT2D eigenvalue weighted by molar-refractivity contribution is 6.33. The molecule has 1 N–H and O–H groups in total. The molecule has 0 aliphatic carbocycles. The number of benzene rings is 1. The molecule has 1 aliphatic rings. The van der Waals surface area contributed by atoms with Gasteiger partial charge in [0.25, 0.3) is 5.91 Å². The number of furan rings is 1. The van der Waals surface area contributed by atoms with Gasteiger partial charge in [0, 0.05) is 26.2 Å². The zero-order valence-corrected chi connectivity index (χ0v) is 15.7. The van der Waals surface area contributed by atoms with Gasteiger partial charge in [0.05, 0.1) is 23.5 Å². The molecule has 0 spiro atoms. The molecular weight excluding hydrogens is 354 g/mol. The van der Waals surface area contributed by atoms with Crippen LogP contribution >= 0.6 is 11.6 Å². The van der Waals surface area contributed by atoms with Crippen molar-refractivity contribution in [2.45, 2.75) is 13.8 Å². The van der Waals surface area contributed by atoms with E-state index in [1.165, 1.54) is 6.26 Å². The summed E-state index contributed by atoms with van der Waals surface area (Å²) in [4.78, 5) is 28.2. The lowest BCUT2D eigenvalue weighted by atomic mass is 10.1. The minimum Gasteiger partial charge on any atom is -0.459 e. The highest BCUT2D eigenvalue weighted by Crippen LogP contribution is 2.27. The van der Waals surface area contributed by atoms with Crippen molar-refractivity contribution in [3.05, 3.63) is 52.4 Å². The summed E-state index contributed by atoms with van der Waals surface area (Å²) in [7, 11) is 0. The molecule has 2 heterocycles. The lowest BCUT2D eigenvalue weighted by Gasteiger charge is -2.34. The summed E-state index contributed by atoms with van der Waals surface area (Å²) in [5.74, 6) is 0.185. The molecule has 1 fully saturated rings. The van der Waals surface area contributed by atoms with Gasteiger partial charge in [0.1, 0.15) is 0 Å². The number of hydrogen-bond acceptors (Lipinski definition) is 4. The number of aryl methyl sites for hydroxylation is 2. The van der Waals surface area contributed by atoms with Gasteiger partial charge in [-0.05, 0) is 43.2 Å². The van der Waals surface area contributed by atoms with Crippen molar-refractivity contribution in [1.29, 1.82) is 0 Å². The molecule has 0 unspecified atom stereocenters. The van der Waals surface area contributed by atoms with Crippen LogP contribution in [0.3, 0.4) is 0 Å². The first-order chi connectivity index (χ1) is 12.5. The average Bonchev–Trinajstić information content (AvgIpc) is 3.14. The van der Waals surface area contributed by atoms with Gasteiger partial charge in [-0.3, -0.25) is 9.59 Å². The minimum atomic E-state index is -0.137. The fourth-order valence-corrected chi connectivity index (χ4v) is 3.52. The molecule has 0 radical (unpaired) electrons. The van der Waals surface area contributed by atoms with Crippen molar-refractivity contribution in [2.24, 2.45) is 0 Å². The van der Waals surface area contributed by atoms with E-state index in [1.807, 2.05) is 26.0 Å². The average molecular weight is 376 g/mol. The van der Waals surface area contributed by atoms with Crippen LogP contribution in [0.2, 0.25) is 5.02 Å². The van der Waals surface area contributed by atoms with E-state index in [2.05, 4.69) is 5.32 Å². The third-order valence-electron chi connectivity index (χ3n) is 4.50. The summed E-state index contributed by atoms with van der Waals surface area (Å²) in [5, 5.41) is 3.76. The Morgan fingerprint density at radius 1 is 1.15 bits per heavy atom. The predicted molar refractivity (Wildman–Crippen MR) is 101 cm³/mol. The number of piperazine rings is 1. The van der Waals surface area contributed by atoms with Gasteiger partial charge in [-0.2, -0.15) is 0 Å². The SMILES string of the molecule is Cc1cc(C)c(NCC(=O)N2CCN(C(=O)c3ccco3)CC2)c(Cl)c1. The van der Waals surface area contributed by atoms with Gasteiger partial charge in [0.15, 0.2) is 5.76 Å². The Balaban J connectivity index is 1.52. The normalized spacial score (nSPS) is 14.4. The maximum absolute atomic E-state index is 12.5. The van der Waals surface area contributed by atoms with Crippen LogP contribution in [0.25, 0.3) is 0 Å². The van der Waals surface area contributed by atoms with Crippen LogP contribution in [0, 0.1) is 13.8 Å². The summed E-state index contributed by atoms with van der Waals surface area (Å²) >= 11 is 6.27. The molecule has 138 valence electrons. The molecule has 1 aromatic heterocycles. The van der Waals surface area contributed by atoms with E-state index in [1.54, 1.807) is 21.9 Å². The van der Waals surface area contributed by atoms with Crippen LogP contribution in [-0.2, 0) is 4.79 Å². The standard InChI is InChI=1S/C19H22ClN3O3/c1-13-10-14(2)18(15(20)11-13)21-12-17(24)22-5-7-23(8-6-22)19(25)16-4-3-9-26-16/h3-4,9-11,21H,5-8,12H2,1-2H3. The first-order valence-electron chi connectivity index (χ1n) is 8.57. The first-order valence-corrected chi connectivity index (χ1v) is 8.94. The maximum atomic E-state index is 12.5. The predicted octanol–water partition coefficient (Wildman–Crippen LogP) is 2.95. The molecule has 1 aliphatic heterocycles. The summed E-state index contributed by atoms with van der Waals surface area (Å²) in [5.41, 5.74) is 2.88. The Morgan fingerprint density at radius 3 is 2.46 bits per heavy atom. The third kappa shape index (κ3) is 4.02. The lowest BCUT2D eigenvalue weighted by molar-refractivity contribution is -0.130. The van der Waals surface area contributed by atoms with E-state index in [4.69, 9.17) is 16.0 Å². The summed E-state index contributed by atoms with van der Waals surface area (Å²) in [6.45, 7) is 6.13. The van der Waals surface area contributed by atoms with Crippen LogP contribution in [-0.4, -0.2) is 54.3 Å². The largest absolute Gasteiger partial charge is 0.459 e. The smallest absolute Gasteiger partial charge is 0.289 e. The van der Waals surface area contributed by atoms with Crippen LogP contribution in [0.15, 0.2) is 34.9 Å². The summed E-state index contributed by atoms with van der Waals surface area (Å²) in [6, 6.07) is 7.24. The molecular formula is C19H22ClN3O3. The number of amides is 2. The molecule has 0 atom stereocenters. The molecule has 7 heteroatoms. The van der Waals surface area contributed by atoms with E-state index < -0.39 is 0 Å². The molecule has 1 aromatic carbocycles. The Hall–Kier alpha value is -2.47. The lowest BCUT2D eigenvalue weighted by Crippen LogP contribution is -2.51. The number of halogens is 1. The van der Waals surface area contributed by atoms with Crippen LogP contribution < -0.4 is 5.32 Å². The number of rotatable bonds is 4. The number of carbonyl (C=O) groups is 2. The Labute approximate surface area is 157 Å².